The van der Waals surface area contributed by atoms with Gasteiger partial charge in [-0.3, -0.25) is 4.79 Å². The van der Waals surface area contributed by atoms with Gasteiger partial charge in [0.2, 0.25) is 15.9 Å². The number of sulfonamides is 1. The molecule has 0 unspecified atom stereocenters. The van der Waals surface area contributed by atoms with Crippen molar-refractivity contribution < 1.29 is 13.2 Å². The van der Waals surface area contributed by atoms with Crippen molar-refractivity contribution in [2.75, 3.05) is 45.0 Å². The van der Waals surface area contributed by atoms with Crippen molar-refractivity contribution in [1.82, 2.24) is 14.5 Å². The molecular formula is C20H37N3O3S. The van der Waals surface area contributed by atoms with Gasteiger partial charge in [0.05, 0.1) is 5.75 Å². The van der Waals surface area contributed by atoms with Gasteiger partial charge in [-0.15, -0.1) is 0 Å². The third kappa shape index (κ3) is 6.43. The maximum atomic E-state index is 12.7. The van der Waals surface area contributed by atoms with Crippen LogP contribution in [0.25, 0.3) is 0 Å². The number of nitrogens with one attached hydrogen (secondary N) is 1. The van der Waals surface area contributed by atoms with Crippen LogP contribution in [0, 0.1) is 11.8 Å². The van der Waals surface area contributed by atoms with E-state index in [0.717, 1.165) is 32.4 Å². The van der Waals surface area contributed by atoms with Crippen LogP contribution in [0.5, 0.6) is 0 Å². The van der Waals surface area contributed by atoms with E-state index in [1.807, 2.05) is 0 Å². The average molecular weight is 400 g/mol. The molecule has 3 aliphatic rings. The third-order valence-corrected chi connectivity index (χ3v) is 8.58. The summed E-state index contributed by atoms with van der Waals surface area (Å²) in [5, 5.41) is 3.06. The summed E-state index contributed by atoms with van der Waals surface area (Å²) < 4.78 is 27.0. The lowest BCUT2D eigenvalue weighted by Gasteiger charge is -2.32. The van der Waals surface area contributed by atoms with Gasteiger partial charge in [0.25, 0.3) is 0 Å². The van der Waals surface area contributed by atoms with E-state index >= 15 is 0 Å². The Labute approximate surface area is 165 Å². The maximum absolute atomic E-state index is 12.7. The minimum Gasteiger partial charge on any atom is -0.356 e. The molecule has 0 aromatic rings. The lowest BCUT2D eigenvalue weighted by molar-refractivity contribution is -0.126. The Morgan fingerprint density at radius 1 is 0.889 bits per heavy atom. The molecule has 0 spiro atoms. The molecule has 1 amide bonds. The summed E-state index contributed by atoms with van der Waals surface area (Å²) in [4.78, 5) is 14.8. The molecule has 0 aromatic heterocycles. The van der Waals surface area contributed by atoms with Gasteiger partial charge < -0.3 is 10.2 Å². The van der Waals surface area contributed by atoms with Gasteiger partial charge in [0.15, 0.2) is 0 Å². The molecule has 0 atom stereocenters. The first-order valence-corrected chi connectivity index (χ1v) is 12.6. The molecule has 3 rings (SSSR count). The number of nitrogens with zero attached hydrogens (tertiary/aromatic N) is 2. The first-order chi connectivity index (χ1) is 13.0. The number of hydrogen-bond acceptors (Lipinski definition) is 4. The fraction of sp³-hybridized carbons (Fsp3) is 0.950. The summed E-state index contributed by atoms with van der Waals surface area (Å²) in [6, 6.07) is 0. The molecule has 7 heteroatoms. The van der Waals surface area contributed by atoms with Gasteiger partial charge >= 0.3 is 0 Å². The van der Waals surface area contributed by atoms with Gasteiger partial charge in [0.1, 0.15) is 0 Å². The smallest absolute Gasteiger partial charge is 0.223 e. The SMILES string of the molecule is O=C(NCCCN1CCCC1)C1CCN(S(=O)(=O)CC2CCCCC2)CC1. The summed E-state index contributed by atoms with van der Waals surface area (Å²) in [5.41, 5.74) is 0. The van der Waals surface area contributed by atoms with Crippen molar-refractivity contribution in [2.45, 2.75) is 64.2 Å². The van der Waals surface area contributed by atoms with Crippen molar-refractivity contribution in [2.24, 2.45) is 11.8 Å². The van der Waals surface area contributed by atoms with Crippen LogP contribution in [0.4, 0.5) is 0 Å². The topological polar surface area (TPSA) is 69.7 Å². The summed E-state index contributed by atoms with van der Waals surface area (Å²) in [5.74, 6) is 0.722. The van der Waals surface area contributed by atoms with E-state index < -0.39 is 10.0 Å². The molecule has 2 saturated heterocycles. The minimum absolute atomic E-state index is 0.0297. The Hall–Kier alpha value is -0.660. The molecular weight excluding hydrogens is 362 g/mol. The van der Waals surface area contributed by atoms with Crippen LogP contribution in [0.3, 0.4) is 0 Å². The Morgan fingerprint density at radius 2 is 1.56 bits per heavy atom. The number of rotatable bonds is 8. The van der Waals surface area contributed by atoms with Crippen LogP contribution in [-0.4, -0.2) is 68.6 Å². The summed E-state index contributed by atoms with van der Waals surface area (Å²) >= 11 is 0. The van der Waals surface area contributed by atoms with E-state index in [1.165, 1.54) is 45.2 Å². The molecule has 156 valence electrons. The second-order valence-corrected chi connectivity index (χ2v) is 10.7. The molecule has 1 aliphatic carbocycles. The predicted octanol–water partition coefficient (Wildman–Crippen LogP) is 2.21. The quantitative estimate of drug-likeness (QED) is 0.636. The Morgan fingerprint density at radius 3 is 2.22 bits per heavy atom. The predicted molar refractivity (Wildman–Crippen MR) is 108 cm³/mol. The van der Waals surface area contributed by atoms with E-state index in [-0.39, 0.29) is 11.8 Å². The fourth-order valence-corrected chi connectivity index (χ4v) is 6.73. The van der Waals surface area contributed by atoms with Crippen molar-refractivity contribution in [3.05, 3.63) is 0 Å². The van der Waals surface area contributed by atoms with Crippen LogP contribution in [0.15, 0.2) is 0 Å². The van der Waals surface area contributed by atoms with E-state index in [0.29, 0.717) is 37.6 Å². The molecule has 2 heterocycles. The first-order valence-electron chi connectivity index (χ1n) is 11.0. The zero-order valence-corrected chi connectivity index (χ0v) is 17.5. The van der Waals surface area contributed by atoms with E-state index in [4.69, 9.17) is 0 Å². The van der Waals surface area contributed by atoms with Crippen molar-refractivity contribution in [1.29, 1.82) is 0 Å². The van der Waals surface area contributed by atoms with E-state index in [2.05, 4.69) is 10.2 Å². The maximum Gasteiger partial charge on any atom is 0.223 e. The molecule has 0 aromatic carbocycles. The monoisotopic (exact) mass is 399 g/mol. The summed E-state index contributed by atoms with van der Waals surface area (Å²) in [6.07, 6.45) is 10.6. The number of carbonyl (C=O) groups is 1. The zero-order chi connectivity index (χ0) is 19.1. The van der Waals surface area contributed by atoms with E-state index in [9.17, 15) is 13.2 Å². The molecule has 1 N–H and O–H groups in total. The largest absolute Gasteiger partial charge is 0.356 e. The molecule has 0 radical (unpaired) electrons. The van der Waals surface area contributed by atoms with Crippen molar-refractivity contribution in [3.63, 3.8) is 0 Å². The van der Waals surface area contributed by atoms with Crippen LogP contribution in [-0.2, 0) is 14.8 Å². The number of piperidine rings is 1. The molecule has 2 aliphatic heterocycles. The fourth-order valence-electron chi connectivity index (χ4n) is 4.82. The highest BCUT2D eigenvalue weighted by atomic mass is 32.2. The van der Waals surface area contributed by atoms with Crippen molar-refractivity contribution >= 4 is 15.9 Å². The second-order valence-electron chi connectivity index (χ2n) is 8.65. The number of amides is 1. The first kappa shape index (κ1) is 21.1. The van der Waals surface area contributed by atoms with Crippen LogP contribution in [0.1, 0.15) is 64.2 Å². The van der Waals surface area contributed by atoms with Gasteiger partial charge in [-0.05, 0) is 70.5 Å². The Bertz CT molecular complexity index is 561. The summed E-state index contributed by atoms with van der Waals surface area (Å²) in [6.45, 7) is 5.19. The highest BCUT2D eigenvalue weighted by Gasteiger charge is 2.32. The molecule has 27 heavy (non-hydrogen) atoms. The Balaban J connectivity index is 1.34. The van der Waals surface area contributed by atoms with Gasteiger partial charge in [-0.25, -0.2) is 12.7 Å². The molecule has 6 nitrogen and oxygen atoms in total. The number of hydrogen-bond donors (Lipinski definition) is 1. The second kappa shape index (κ2) is 10.2. The van der Waals surface area contributed by atoms with Crippen molar-refractivity contribution in [3.8, 4) is 0 Å². The number of carbonyl (C=O) groups excluding carboxylic acids is 1. The third-order valence-electron chi connectivity index (χ3n) is 6.54. The van der Waals surface area contributed by atoms with Gasteiger partial charge in [0, 0.05) is 25.6 Å². The van der Waals surface area contributed by atoms with Crippen LogP contribution >= 0.6 is 0 Å². The normalized spacial score (nSPS) is 24.3. The summed E-state index contributed by atoms with van der Waals surface area (Å²) in [7, 11) is -3.17. The highest BCUT2D eigenvalue weighted by Crippen LogP contribution is 2.27. The molecule has 3 fully saturated rings. The van der Waals surface area contributed by atoms with Crippen LogP contribution < -0.4 is 5.32 Å². The zero-order valence-electron chi connectivity index (χ0n) is 16.7. The molecule has 0 bridgehead atoms. The van der Waals surface area contributed by atoms with Gasteiger partial charge in [-0.1, -0.05) is 19.3 Å². The lowest BCUT2D eigenvalue weighted by Crippen LogP contribution is -2.44. The van der Waals surface area contributed by atoms with Gasteiger partial charge in [-0.2, -0.15) is 0 Å². The number of likely N-dealkylation sites (tertiary alicyclic amines) is 1. The molecule has 1 saturated carbocycles. The Kier molecular flexibility index (Phi) is 7.97. The average Bonchev–Trinajstić information content (AvgIpc) is 3.19. The lowest BCUT2D eigenvalue weighted by atomic mass is 9.91. The standard InChI is InChI=1S/C20H37N3O3S/c24-20(21-11-6-14-22-12-4-5-13-22)19-9-15-23(16-10-19)27(25,26)17-18-7-2-1-3-8-18/h18-19H,1-17H2,(H,21,24). The minimum atomic E-state index is -3.17. The van der Waals surface area contributed by atoms with Crippen LogP contribution in [0.2, 0.25) is 0 Å². The van der Waals surface area contributed by atoms with E-state index in [1.54, 1.807) is 4.31 Å². The highest BCUT2D eigenvalue weighted by molar-refractivity contribution is 7.89.